The lowest BCUT2D eigenvalue weighted by Crippen LogP contribution is -2.43. The van der Waals surface area contributed by atoms with Gasteiger partial charge in [0.1, 0.15) is 0 Å². The van der Waals surface area contributed by atoms with E-state index in [9.17, 15) is 26.6 Å². The van der Waals surface area contributed by atoms with Crippen LogP contribution in [0.25, 0.3) is 0 Å². The summed E-state index contributed by atoms with van der Waals surface area (Å²) in [6, 6.07) is 0. The normalized spacial score (nSPS) is 14.6. The Morgan fingerprint density at radius 2 is 1.48 bits per heavy atom. The van der Waals surface area contributed by atoms with Crippen LogP contribution in [0.4, 0.5) is 17.6 Å². The number of hydrogen-bond donors (Lipinski definition) is 1. The Bertz CT molecular complexity index is 408. The zero-order valence-corrected chi connectivity index (χ0v) is 14.4. The number of alkyl halides is 4. The van der Waals surface area contributed by atoms with Crippen LogP contribution in [-0.2, 0) is 20.6 Å². The topological polar surface area (TPSA) is 63.6 Å². The molecule has 1 N–H and O–H groups in total. The fraction of sp³-hybridized carbons (Fsp3) is 0.929. The second-order valence-corrected chi connectivity index (χ2v) is 7.39. The minimum Gasteiger partial charge on any atom is -0.465 e. The monoisotopic (exact) mass is 364 g/mol. The molecule has 4 nitrogen and oxygen atoms in total. The minimum absolute atomic E-state index is 0.179. The molecule has 0 aliphatic heterocycles. The average Bonchev–Trinajstić information content (AvgIpc) is 2.39. The maximum Gasteiger partial charge on any atom is 0.406 e. The summed E-state index contributed by atoms with van der Waals surface area (Å²) in [5.74, 6) is -4.83. The van der Waals surface area contributed by atoms with Crippen LogP contribution in [0.3, 0.4) is 0 Å². The second kappa shape index (κ2) is 8.96. The predicted molar refractivity (Wildman–Crippen MR) is 78.8 cm³/mol. The van der Waals surface area contributed by atoms with Crippen LogP contribution in [0, 0.1) is 5.41 Å². The van der Waals surface area contributed by atoms with E-state index in [2.05, 4.69) is 0 Å². The quantitative estimate of drug-likeness (QED) is 0.271. The molecule has 0 bridgehead atoms. The molecule has 0 spiro atoms. The number of carbonyl (C=O) groups is 1. The average molecular weight is 364 g/mol. The van der Waals surface area contributed by atoms with Crippen LogP contribution < -0.4 is 0 Å². The molecule has 0 fully saturated rings. The third-order valence-electron chi connectivity index (χ3n) is 3.13. The summed E-state index contributed by atoms with van der Waals surface area (Å²) in [6.07, 6.45) is 0.668. The number of rotatable bonds is 10. The van der Waals surface area contributed by atoms with Crippen molar-refractivity contribution in [2.24, 2.45) is 5.41 Å². The fourth-order valence-electron chi connectivity index (χ4n) is 1.63. The van der Waals surface area contributed by atoms with Gasteiger partial charge in [0.25, 0.3) is 0 Å². The minimum atomic E-state index is -4.94. The Morgan fingerprint density at radius 1 is 1.00 bits per heavy atom. The third-order valence-corrected chi connectivity index (χ3v) is 3.86. The highest BCUT2D eigenvalue weighted by Crippen LogP contribution is 2.40. The second-order valence-electron chi connectivity index (χ2n) is 6.37. The van der Waals surface area contributed by atoms with Crippen LogP contribution in [0.15, 0.2) is 0 Å². The SMILES string of the molecule is CC(C)(C)C(=O)OCCCCCCCC(F)(F)C(F)(F)S(=O)O. The molecule has 0 rings (SSSR count). The van der Waals surface area contributed by atoms with E-state index in [0.717, 1.165) is 0 Å². The highest BCUT2D eigenvalue weighted by atomic mass is 32.2. The van der Waals surface area contributed by atoms with Crippen molar-refractivity contribution in [2.45, 2.75) is 70.5 Å². The largest absolute Gasteiger partial charge is 0.465 e. The molecular weight excluding hydrogens is 340 g/mol. The van der Waals surface area contributed by atoms with Crippen molar-refractivity contribution in [3.05, 3.63) is 0 Å². The van der Waals surface area contributed by atoms with Crippen molar-refractivity contribution in [1.82, 2.24) is 0 Å². The molecule has 0 amide bonds. The zero-order valence-electron chi connectivity index (χ0n) is 13.5. The van der Waals surface area contributed by atoms with E-state index in [4.69, 9.17) is 9.29 Å². The molecule has 1 unspecified atom stereocenters. The summed E-state index contributed by atoms with van der Waals surface area (Å²) >= 11 is -3.90. The molecule has 0 heterocycles. The van der Waals surface area contributed by atoms with Crippen molar-refractivity contribution >= 4 is 17.0 Å². The number of halogens is 4. The van der Waals surface area contributed by atoms with E-state index in [1.54, 1.807) is 20.8 Å². The summed E-state index contributed by atoms with van der Waals surface area (Å²) in [6.45, 7) is 5.41. The lowest BCUT2D eigenvalue weighted by Gasteiger charge is -2.23. The van der Waals surface area contributed by atoms with Crippen LogP contribution in [0.1, 0.15) is 59.3 Å². The van der Waals surface area contributed by atoms with Gasteiger partial charge in [0.15, 0.2) is 0 Å². The number of carbonyl (C=O) groups excluding carboxylic acids is 1. The van der Waals surface area contributed by atoms with Gasteiger partial charge in [-0.15, -0.1) is 0 Å². The van der Waals surface area contributed by atoms with E-state index >= 15 is 0 Å². The molecule has 0 radical (unpaired) electrons. The summed E-state index contributed by atoms with van der Waals surface area (Å²) in [5, 5.41) is -4.94. The fourth-order valence-corrected chi connectivity index (χ4v) is 1.99. The number of hydrogen-bond acceptors (Lipinski definition) is 3. The van der Waals surface area contributed by atoms with E-state index in [-0.39, 0.29) is 25.4 Å². The van der Waals surface area contributed by atoms with Crippen molar-refractivity contribution in [1.29, 1.82) is 0 Å². The van der Waals surface area contributed by atoms with Gasteiger partial charge in [0.2, 0.25) is 11.1 Å². The molecule has 0 saturated heterocycles. The lowest BCUT2D eigenvalue weighted by molar-refractivity contribution is -0.161. The standard InChI is InChI=1S/C14H24F4O4S/c1-12(2,3)11(19)22-10-8-6-4-5-7-9-13(15,16)14(17,18)23(20)21/h4-10H2,1-3H3,(H,20,21). The highest BCUT2D eigenvalue weighted by molar-refractivity contribution is 7.80. The van der Waals surface area contributed by atoms with Gasteiger partial charge in [-0.2, -0.15) is 17.6 Å². The van der Waals surface area contributed by atoms with E-state index in [1.165, 1.54) is 0 Å². The third kappa shape index (κ3) is 7.60. The number of ether oxygens (including phenoxy) is 1. The van der Waals surface area contributed by atoms with Crippen molar-refractivity contribution in [2.75, 3.05) is 6.61 Å². The first-order valence-electron chi connectivity index (χ1n) is 7.36. The first-order chi connectivity index (χ1) is 10.3. The van der Waals surface area contributed by atoms with Gasteiger partial charge in [0.05, 0.1) is 12.0 Å². The summed E-state index contributed by atoms with van der Waals surface area (Å²) in [7, 11) is 0. The lowest BCUT2D eigenvalue weighted by atomic mass is 9.97. The number of esters is 1. The van der Waals surface area contributed by atoms with Crippen LogP contribution >= 0.6 is 0 Å². The molecule has 0 saturated carbocycles. The number of unbranched alkanes of at least 4 members (excludes halogenated alkanes) is 4. The van der Waals surface area contributed by atoms with Gasteiger partial charge in [0, 0.05) is 6.42 Å². The molecule has 0 aliphatic carbocycles. The summed E-state index contributed by atoms with van der Waals surface area (Å²) in [5.41, 5.74) is -0.580. The molecule has 23 heavy (non-hydrogen) atoms. The molecule has 9 heteroatoms. The van der Waals surface area contributed by atoms with E-state index < -0.39 is 34.1 Å². The van der Waals surface area contributed by atoms with Crippen LogP contribution in [-0.4, -0.2) is 32.5 Å². The van der Waals surface area contributed by atoms with Gasteiger partial charge in [-0.05, 0) is 33.6 Å². The smallest absolute Gasteiger partial charge is 0.406 e. The molecule has 1 atom stereocenters. The van der Waals surface area contributed by atoms with Crippen LogP contribution in [0.2, 0.25) is 0 Å². The van der Waals surface area contributed by atoms with Gasteiger partial charge < -0.3 is 9.29 Å². The van der Waals surface area contributed by atoms with E-state index in [0.29, 0.717) is 19.3 Å². The molecule has 138 valence electrons. The van der Waals surface area contributed by atoms with E-state index in [1.807, 2.05) is 0 Å². The van der Waals surface area contributed by atoms with Crippen molar-refractivity contribution in [3.8, 4) is 0 Å². The predicted octanol–water partition coefficient (Wildman–Crippen LogP) is 4.37. The maximum absolute atomic E-state index is 13.1. The molecule has 0 aliphatic rings. The first-order valence-corrected chi connectivity index (χ1v) is 8.47. The van der Waals surface area contributed by atoms with Gasteiger partial charge in [-0.25, -0.2) is 4.21 Å². The van der Waals surface area contributed by atoms with Crippen LogP contribution in [0.5, 0.6) is 0 Å². The molecule has 0 aromatic carbocycles. The Hall–Kier alpha value is -0.700. The Kier molecular flexibility index (Phi) is 8.69. The summed E-state index contributed by atoms with van der Waals surface area (Å²) < 4.78 is 75.4. The summed E-state index contributed by atoms with van der Waals surface area (Å²) in [4.78, 5) is 11.4. The molecule has 0 aromatic heterocycles. The Balaban J connectivity index is 3.83. The van der Waals surface area contributed by atoms with Crippen molar-refractivity contribution < 1.29 is 35.9 Å². The molecular formula is C14H24F4O4S. The first kappa shape index (κ1) is 22.3. The van der Waals surface area contributed by atoms with Gasteiger partial charge >= 0.3 is 17.1 Å². The Morgan fingerprint density at radius 3 is 1.96 bits per heavy atom. The molecule has 0 aromatic rings. The highest BCUT2D eigenvalue weighted by Gasteiger charge is 2.60. The van der Waals surface area contributed by atoms with Gasteiger partial charge in [-0.1, -0.05) is 19.3 Å². The maximum atomic E-state index is 13.1. The van der Waals surface area contributed by atoms with Crippen molar-refractivity contribution in [3.63, 3.8) is 0 Å². The zero-order chi connectivity index (χ0) is 18.3. The Labute approximate surface area is 136 Å². The van der Waals surface area contributed by atoms with Gasteiger partial charge in [-0.3, -0.25) is 4.79 Å².